The first-order chi connectivity index (χ1) is 13.5. The topological polar surface area (TPSA) is 32.7 Å². The van der Waals surface area contributed by atoms with Crippen molar-refractivity contribution in [2.24, 2.45) is 34.5 Å². The monoisotopic (exact) mass is 389 g/mol. The molecule has 1 aliphatic heterocycles. The van der Waals surface area contributed by atoms with Gasteiger partial charge in [0.25, 0.3) is 0 Å². The van der Waals surface area contributed by atoms with Gasteiger partial charge in [0.1, 0.15) is 0 Å². The second kappa shape index (κ2) is 7.54. The Morgan fingerprint density at radius 2 is 1.64 bits per heavy atom. The molecule has 3 nitrogen and oxygen atoms in total. The van der Waals surface area contributed by atoms with E-state index in [2.05, 4.69) is 18.7 Å². The number of hydrogen-bond donors (Lipinski definition) is 1. The molecule has 5 rings (SSSR count). The smallest absolute Gasteiger partial charge is 0.0597 e. The molecular weight excluding hydrogens is 346 g/mol. The first-order valence-electron chi connectivity index (χ1n) is 12.5. The van der Waals surface area contributed by atoms with Crippen molar-refractivity contribution in [1.82, 2.24) is 4.90 Å². The van der Waals surface area contributed by atoms with E-state index in [1.807, 2.05) is 0 Å². The van der Waals surface area contributed by atoms with Gasteiger partial charge in [-0.1, -0.05) is 13.8 Å². The Labute approximate surface area is 172 Å². The van der Waals surface area contributed by atoms with E-state index in [4.69, 9.17) is 4.74 Å². The average Bonchev–Trinajstić information content (AvgIpc) is 3.30. The summed E-state index contributed by atoms with van der Waals surface area (Å²) in [7, 11) is 0. The van der Waals surface area contributed by atoms with E-state index in [-0.39, 0.29) is 11.5 Å². The van der Waals surface area contributed by atoms with Gasteiger partial charge in [0, 0.05) is 6.54 Å². The maximum absolute atomic E-state index is 10.6. The fourth-order valence-electron chi connectivity index (χ4n) is 8.70. The quantitative estimate of drug-likeness (QED) is 0.744. The minimum atomic E-state index is -0.0382. The molecule has 0 aromatic heterocycles. The zero-order valence-corrected chi connectivity index (χ0v) is 18.4. The van der Waals surface area contributed by atoms with E-state index in [0.29, 0.717) is 11.5 Å². The van der Waals surface area contributed by atoms with Gasteiger partial charge in [-0.05, 0) is 118 Å². The maximum atomic E-state index is 10.6. The van der Waals surface area contributed by atoms with E-state index in [1.54, 1.807) is 0 Å². The predicted molar refractivity (Wildman–Crippen MR) is 113 cm³/mol. The van der Waals surface area contributed by atoms with Gasteiger partial charge in [-0.25, -0.2) is 0 Å². The lowest BCUT2D eigenvalue weighted by atomic mass is 9.45. The number of likely N-dealkylation sites (tertiary alicyclic amines) is 1. The van der Waals surface area contributed by atoms with Crippen molar-refractivity contribution in [3.63, 3.8) is 0 Å². The summed E-state index contributed by atoms with van der Waals surface area (Å²) in [5.41, 5.74) is 0.757. The van der Waals surface area contributed by atoms with Crippen LogP contribution in [0, 0.1) is 34.5 Å². The normalized spacial score (nSPS) is 51.5. The van der Waals surface area contributed by atoms with Gasteiger partial charge in [0.2, 0.25) is 0 Å². The number of rotatable bonds is 4. The van der Waals surface area contributed by atoms with Crippen LogP contribution in [0.2, 0.25) is 0 Å². The Kier molecular flexibility index (Phi) is 5.33. The molecule has 28 heavy (non-hydrogen) atoms. The van der Waals surface area contributed by atoms with Crippen molar-refractivity contribution in [3.8, 4) is 0 Å². The molecule has 1 heterocycles. The number of ether oxygens (including phenoxy) is 1. The zero-order chi connectivity index (χ0) is 19.4. The molecule has 160 valence electrons. The van der Waals surface area contributed by atoms with Gasteiger partial charge in [-0.3, -0.25) is 0 Å². The molecule has 1 N–H and O–H groups in total. The summed E-state index contributed by atoms with van der Waals surface area (Å²) < 4.78 is 6.40. The van der Waals surface area contributed by atoms with Crippen molar-refractivity contribution < 1.29 is 9.84 Å². The van der Waals surface area contributed by atoms with Crippen LogP contribution in [0.25, 0.3) is 0 Å². The Balaban J connectivity index is 1.20. The van der Waals surface area contributed by atoms with Gasteiger partial charge < -0.3 is 14.7 Å². The van der Waals surface area contributed by atoms with Crippen LogP contribution >= 0.6 is 0 Å². The molecule has 4 saturated carbocycles. The van der Waals surface area contributed by atoms with Gasteiger partial charge in [0.05, 0.1) is 18.8 Å². The Bertz CT molecular complexity index is 561. The van der Waals surface area contributed by atoms with Crippen LogP contribution in [0.4, 0.5) is 0 Å². The number of nitrogens with zero attached hydrogens (tertiary/aromatic N) is 1. The van der Waals surface area contributed by atoms with Crippen molar-refractivity contribution in [2.75, 3.05) is 26.2 Å². The van der Waals surface area contributed by atoms with Crippen LogP contribution in [-0.2, 0) is 4.74 Å². The van der Waals surface area contributed by atoms with E-state index in [9.17, 15) is 5.11 Å². The number of hydrogen-bond acceptors (Lipinski definition) is 3. The molecule has 8 atom stereocenters. The molecule has 0 bridgehead atoms. The molecule has 3 heteroatoms. The summed E-state index contributed by atoms with van der Waals surface area (Å²) >= 11 is 0. The first-order valence-corrected chi connectivity index (χ1v) is 12.5. The van der Waals surface area contributed by atoms with E-state index in [1.165, 1.54) is 77.3 Å². The third kappa shape index (κ3) is 3.19. The largest absolute Gasteiger partial charge is 0.393 e. The van der Waals surface area contributed by atoms with Gasteiger partial charge in [0.15, 0.2) is 0 Å². The standard InChI is InChI=1S/C25H43NO2/c1-24-11-9-19(28-16-15-26-13-3-4-14-26)17-18(24)5-6-20-21-7-8-23(27)25(21,2)12-10-22(20)24/h18-23,27H,3-17H2,1-2H3. The maximum Gasteiger partial charge on any atom is 0.0597 e. The van der Waals surface area contributed by atoms with Crippen LogP contribution in [0.15, 0.2) is 0 Å². The second-order valence-electron chi connectivity index (χ2n) is 11.6. The summed E-state index contributed by atoms with van der Waals surface area (Å²) in [6.07, 6.45) is 15.0. The van der Waals surface area contributed by atoms with Crippen LogP contribution in [0.5, 0.6) is 0 Å². The van der Waals surface area contributed by atoms with E-state index < -0.39 is 0 Å². The summed E-state index contributed by atoms with van der Waals surface area (Å²) in [4.78, 5) is 2.58. The molecule has 0 aromatic carbocycles. The Morgan fingerprint density at radius 1 is 0.893 bits per heavy atom. The highest BCUT2D eigenvalue weighted by Crippen LogP contribution is 2.66. The highest BCUT2D eigenvalue weighted by atomic mass is 16.5. The lowest BCUT2D eigenvalue weighted by Crippen LogP contribution is -2.54. The SMILES string of the molecule is CC12CCC3C(CCC4CC(OCCN5CCCC5)CCC43C)C1CCC2O. The van der Waals surface area contributed by atoms with Crippen molar-refractivity contribution in [1.29, 1.82) is 0 Å². The molecular formula is C25H43NO2. The minimum absolute atomic E-state index is 0.0382. The van der Waals surface area contributed by atoms with Crippen LogP contribution in [-0.4, -0.2) is 48.5 Å². The van der Waals surface area contributed by atoms with Crippen LogP contribution in [0.1, 0.15) is 84.5 Å². The molecule has 1 saturated heterocycles. The number of aliphatic hydroxyl groups excluding tert-OH is 1. The highest BCUT2D eigenvalue weighted by molar-refractivity contribution is 5.09. The summed E-state index contributed by atoms with van der Waals surface area (Å²) in [6.45, 7) is 9.71. The highest BCUT2D eigenvalue weighted by Gasteiger charge is 2.60. The number of fused-ring (bicyclic) bond motifs is 5. The molecule has 0 amide bonds. The van der Waals surface area contributed by atoms with Crippen LogP contribution < -0.4 is 0 Å². The van der Waals surface area contributed by atoms with Gasteiger partial charge in [-0.15, -0.1) is 0 Å². The molecule has 0 spiro atoms. The van der Waals surface area contributed by atoms with E-state index in [0.717, 1.165) is 43.2 Å². The first kappa shape index (κ1) is 19.8. The van der Waals surface area contributed by atoms with Crippen LogP contribution in [0.3, 0.4) is 0 Å². The average molecular weight is 390 g/mol. The predicted octanol–water partition coefficient (Wildman–Crippen LogP) is 4.87. The van der Waals surface area contributed by atoms with Crippen molar-refractivity contribution >= 4 is 0 Å². The molecule has 5 fully saturated rings. The molecule has 8 unspecified atom stereocenters. The Morgan fingerprint density at radius 3 is 2.46 bits per heavy atom. The lowest BCUT2D eigenvalue weighted by molar-refractivity contribution is -0.140. The van der Waals surface area contributed by atoms with Crippen molar-refractivity contribution in [2.45, 2.75) is 96.7 Å². The molecule has 0 radical (unpaired) electrons. The minimum Gasteiger partial charge on any atom is -0.393 e. The molecule has 4 aliphatic carbocycles. The summed E-state index contributed by atoms with van der Waals surface area (Å²) in [5.74, 6) is 3.44. The van der Waals surface area contributed by atoms with Crippen molar-refractivity contribution in [3.05, 3.63) is 0 Å². The summed E-state index contributed by atoms with van der Waals surface area (Å²) in [6, 6.07) is 0. The fraction of sp³-hybridized carbons (Fsp3) is 1.00. The molecule has 5 aliphatic rings. The third-order valence-electron chi connectivity index (χ3n) is 10.5. The third-order valence-corrected chi connectivity index (χ3v) is 10.5. The molecule has 0 aromatic rings. The summed E-state index contributed by atoms with van der Waals surface area (Å²) in [5, 5.41) is 10.6. The van der Waals surface area contributed by atoms with Gasteiger partial charge >= 0.3 is 0 Å². The van der Waals surface area contributed by atoms with Gasteiger partial charge in [-0.2, -0.15) is 0 Å². The Hall–Kier alpha value is -0.120. The lowest BCUT2D eigenvalue weighted by Gasteiger charge is -2.60. The second-order valence-corrected chi connectivity index (χ2v) is 11.6. The fourth-order valence-corrected chi connectivity index (χ4v) is 8.70. The zero-order valence-electron chi connectivity index (χ0n) is 18.4. The number of aliphatic hydroxyl groups is 1. The van der Waals surface area contributed by atoms with E-state index >= 15 is 0 Å².